The van der Waals surface area contributed by atoms with Crippen molar-refractivity contribution in [3.8, 4) is 0 Å². The monoisotopic (exact) mass is 256 g/mol. The van der Waals surface area contributed by atoms with Crippen LogP contribution >= 0.6 is 11.6 Å². The van der Waals surface area contributed by atoms with Gasteiger partial charge in [0.05, 0.1) is 11.1 Å². The summed E-state index contributed by atoms with van der Waals surface area (Å²) in [6.45, 7) is 4.00. The van der Waals surface area contributed by atoms with Crippen molar-refractivity contribution >= 4 is 17.5 Å². The molecular weight excluding hydrogens is 240 g/mol. The summed E-state index contributed by atoms with van der Waals surface area (Å²) in [5.41, 5.74) is 0.575. The third kappa shape index (κ3) is 2.64. The highest BCUT2D eigenvalue weighted by atomic mass is 35.5. The molecule has 0 radical (unpaired) electrons. The number of hydrogen-bond donors (Lipinski definition) is 2. The van der Waals surface area contributed by atoms with Crippen LogP contribution in [0.3, 0.4) is 0 Å². The van der Waals surface area contributed by atoms with Crippen LogP contribution in [0.2, 0.25) is 5.02 Å². The molecule has 1 aromatic rings. The van der Waals surface area contributed by atoms with Gasteiger partial charge in [-0.3, -0.25) is 4.79 Å². The average molecular weight is 257 g/mol. The van der Waals surface area contributed by atoms with Crippen molar-refractivity contribution in [3.05, 3.63) is 23.0 Å². The van der Waals surface area contributed by atoms with Crippen molar-refractivity contribution < 1.29 is 9.90 Å². The van der Waals surface area contributed by atoms with E-state index in [1.807, 2.05) is 18.4 Å². The van der Waals surface area contributed by atoms with Gasteiger partial charge in [-0.15, -0.1) is 0 Å². The minimum atomic E-state index is -0.263. The number of halogens is 1. The molecule has 2 N–H and O–H groups in total. The van der Waals surface area contributed by atoms with Gasteiger partial charge in [0.1, 0.15) is 5.69 Å². The van der Waals surface area contributed by atoms with Crippen molar-refractivity contribution in [2.24, 2.45) is 0 Å². The number of aliphatic hydroxyl groups excluding tert-OH is 1. The summed E-state index contributed by atoms with van der Waals surface area (Å²) in [6, 6.07) is 1.95. The summed E-state index contributed by atoms with van der Waals surface area (Å²) in [4.78, 5) is 12.0. The zero-order valence-corrected chi connectivity index (χ0v) is 10.7. The lowest BCUT2D eigenvalue weighted by atomic mass is 9.89. The molecule has 17 heavy (non-hydrogen) atoms. The molecular formula is C12H17ClN2O2. The number of rotatable bonds is 3. The van der Waals surface area contributed by atoms with Crippen LogP contribution in [-0.4, -0.2) is 27.7 Å². The number of carbonyl (C=O) groups excluding carboxylic acids is 1. The Bertz CT molecular complexity index is 422. The van der Waals surface area contributed by atoms with E-state index in [0.717, 1.165) is 0 Å². The topological polar surface area (TPSA) is 54.3 Å². The van der Waals surface area contributed by atoms with Crippen LogP contribution in [0.25, 0.3) is 0 Å². The Labute approximate surface area is 106 Å². The minimum Gasteiger partial charge on any atom is -0.393 e. The maximum Gasteiger partial charge on any atom is 0.268 e. The number of aromatic nitrogens is 1. The van der Waals surface area contributed by atoms with E-state index < -0.39 is 0 Å². The van der Waals surface area contributed by atoms with Crippen LogP contribution in [0.4, 0.5) is 0 Å². The van der Waals surface area contributed by atoms with E-state index in [2.05, 4.69) is 5.32 Å². The van der Waals surface area contributed by atoms with Crippen molar-refractivity contribution in [2.75, 3.05) is 0 Å². The molecule has 0 spiro atoms. The lowest BCUT2D eigenvalue weighted by Crippen LogP contribution is -2.47. The number of aliphatic hydroxyl groups is 1. The molecule has 1 aliphatic carbocycles. The zero-order valence-electron chi connectivity index (χ0n) is 9.98. The van der Waals surface area contributed by atoms with Crippen LogP contribution in [-0.2, 0) is 0 Å². The van der Waals surface area contributed by atoms with E-state index in [4.69, 9.17) is 11.6 Å². The molecule has 0 unspecified atom stereocenters. The Hall–Kier alpha value is -1.00. The van der Waals surface area contributed by atoms with E-state index in [-0.39, 0.29) is 24.1 Å². The molecule has 0 bridgehead atoms. The lowest BCUT2D eigenvalue weighted by molar-refractivity contribution is 0.0558. The predicted molar refractivity (Wildman–Crippen MR) is 66.3 cm³/mol. The largest absolute Gasteiger partial charge is 0.393 e. The van der Waals surface area contributed by atoms with Crippen LogP contribution in [0.15, 0.2) is 12.3 Å². The summed E-state index contributed by atoms with van der Waals surface area (Å²) in [5.74, 6) is -0.123. The second-order valence-corrected chi connectivity index (χ2v) is 5.28. The van der Waals surface area contributed by atoms with Gasteiger partial charge in [-0.1, -0.05) is 11.6 Å². The molecule has 0 saturated heterocycles. The highest BCUT2D eigenvalue weighted by Gasteiger charge is 2.29. The van der Waals surface area contributed by atoms with E-state index in [9.17, 15) is 9.90 Å². The maximum absolute atomic E-state index is 12.0. The molecule has 0 aliphatic heterocycles. The Morgan fingerprint density at radius 3 is 2.76 bits per heavy atom. The molecule has 1 fully saturated rings. The van der Waals surface area contributed by atoms with Crippen LogP contribution in [0.5, 0.6) is 0 Å². The van der Waals surface area contributed by atoms with E-state index in [1.54, 1.807) is 12.3 Å². The summed E-state index contributed by atoms with van der Waals surface area (Å²) in [7, 11) is 0. The first-order valence-corrected chi connectivity index (χ1v) is 6.21. The molecule has 1 heterocycles. The van der Waals surface area contributed by atoms with Crippen molar-refractivity contribution in [2.45, 2.75) is 44.9 Å². The van der Waals surface area contributed by atoms with E-state index in [0.29, 0.717) is 23.6 Å². The van der Waals surface area contributed by atoms with E-state index >= 15 is 0 Å². The molecule has 0 atom stereocenters. The van der Waals surface area contributed by atoms with Gasteiger partial charge in [-0.2, -0.15) is 0 Å². The Morgan fingerprint density at radius 1 is 1.59 bits per heavy atom. The molecule has 5 heteroatoms. The van der Waals surface area contributed by atoms with Gasteiger partial charge in [-0.05, 0) is 32.8 Å². The molecule has 1 aromatic heterocycles. The number of nitrogens with one attached hydrogen (secondary N) is 1. The summed E-state index contributed by atoms with van der Waals surface area (Å²) in [5, 5.41) is 12.6. The normalized spacial score (nSPS) is 23.6. The van der Waals surface area contributed by atoms with Gasteiger partial charge in [0.25, 0.3) is 5.91 Å². The van der Waals surface area contributed by atoms with Crippen molar-refractivity contribution in [3.63, 3.8) is 0 Å². The van der Waals surface area contributed by atoms with Gasteiger partial charge in [0.2, 0.25) is 0 Å². The third-order valence-electron chi connectivity index (χ3n) is 3.05. The van der Waals surface area contributed by atoms with Crippen molar-refractivity contribution in [1.29, 1.82) is 0 Å². The second kappa shape index (κ2) is 4.70. The minimum absolute atomic E-state index is 0.0896. The van der Waals surface area contributed by atoms with Gasteiger partial charge in [-0.25, -0.2) is 0 Å². The first-order valence-electron chi connectivity index (χ1n) is 5.83. The van der Waals surface area contributed by atoms with Gasteiger partial charge >= 0.3 is 0 Å². The fraction of sp³-hybridized carbons (Fsp3) is 0.583. The summed E-state index contributed by atoms with van der Waals surface area (Å²) in [6.07, 6.45) is 2.78. The molecule has 1 amide bonds. The van der Waals surface area contributed by atoms with Crippen LogP contribution in [0, 0.1) is 0 Å². The molecule has 1 aliphatic rings. The van der Waals surface area contributed by atoms with Gasteiger partial charge < -0.3 is 15.0 Å². The zero-order chi connectivity index (χ0) is 12.6. The van der Waals surface area contributed by atoms with Gasteiger partial charge in [0.15, 0.2) is 0 Å². The number of nitrogens with zero attached hydrogens (tertiary/aromatic N) is 1. The van der Waals surface area contributed by atoms with Crippen molar-refractivity contribution in [1.82, 2.24) is 9.88 Å². The highest BCUT2D eigenvalue weighted by Crippen LogP contribution is 2.22. The number of carbonyl (C=O) groups is 1. The first kappa shape index (κ1) is 12.5. The smallest absolute Gasteiger partial charge is 0.268 e. The lowest BCUT2D eigenvalue weighted by Gasteiger charge is -2.32. The Kier molecular flexibility index (Phi) is 3.45. The van der Waals surface area contributed by atoms with Crippen LogP contribution in [0.1, 0.15) is 43.2 Å². The predicted octanol–water partition coefficient (Wildman–Crippen LogP) is 1.98. The van der Waals surface area contributed by atoms with Gasteiger partial charge in [0, 0.05) is 18.3 Å². The summed E-state index contributed by atoms with van der Waals surface area (Å²) >= 11 is 5.92. The molecule has 1 saturated carbocycles. The Morgan fingerprint density at radius 2 is 2.24 bits per heavy atom. The average Bonchev–Trinajstić information content (AvgIpc) is 2.58. The first-order chi connectivity index (χ1) is 7.97. The second-order valence-electron chi connectivity index (χ2n) is 4.84. The fourth-order valence-electron chi connectivity index (χ4n) is 2.02. The summed E-state index contributed by atoms with van der Waals surface area (Å²) < 4.78 is 1.85. The Balaban J connectivity index is 2.08. The molecule has 2 rings (SSSR count). The van der Waals surface area contributed by atoms with Crippen LogP contribution < -0.4 is 5.32 Å². The molecule has 94 valence electrons. The molecule has 0 aromatic carbocycles. The highest BCUT2D eigenvalue weighted by molar-refractivity contribution is 6.31. The molecule has 4 nitrogen and oxygen atoms in total. The number of hydrogen-bond acceptors (Lipinski definition) is 2. The fourth-order valence-corrected chi connectivity index (χ4v) is 2.23. The standard InChI is InChI=1S/C12H17ClN2O2/c1-7(2)15-6-8(13)3-11(15)12(17)14-9-4-10(16)5-9/h3,6-7,9-10,16H,4-5H2,1-2H3,(H,14,17). The third-order valence-corrected chi connectivity index (χ3v) is 3.26. The van der Waals surface area contributed by atoms with E-state index in [1.165, 1.54) is 0 Å². The SMILES string of the molecule is CC(C)n1cc(Cl)cc1C(=O)NC1CC(O)C1. The quantitative estimate of drug-likeness (QED) is 0.869. The maximum atomic E-state index is 12.0. The number of amides is 1.